The van der Waals surface area contributed by atoms with Crippen LogP contribution < -0.4 is 0 Å². The molecule has 0 radical (unpaired) electrons. The van der Waals surface area contributed by atoms with Gasteiger partial charge in [0.1, 0.15) is 5.66 Å². The molecule has 88 valence electrons. The summed E-state index contributed by atoms with van der Waals surface area (Å²) >= 11 is 0. The summed E-state index contributed by atoms with van der Waals surface area (Å²) in [4.78, 5) is 4.73. The van der Waals surface area contributed by atoms with Crippen molar-refractivity contribution in [3.8, 4) is 0 Å². The van der Waals surface area contributed by atoms with Crippen LogP contribution in [0.1, 0.15) is 60.3 Å². The molecule has 0 spiro atoms. The molecule has 0 saturated carbocycles. The lowest BCUT2D eigenvalue weighted by atomic mass is 9.87. The summed E-state index contributed by atoms with van der Waals surface area (Å²) in [6, 6.07) is 0. The summed E-state index contributed by atoms with van der Waals surface area (Å²) in [6.07, 6.45) is 3.55. The number of nitrogens with zero attached hydrogens (tertiary/aromatic N) is 2. The lowest BCUT2D eigenvalue weighted by Crippen LogP contribution is -2.54. The Bertz CT molecular complexity index is 252. The highest BCUT2D eigenvalue weighted by Gasteiger charge is 2.52. The maximum atomic E-state index is 10.4. The van der Waals surface area contributed by atoms with Gasteiger partial charge in [0.05, 0.1) is 5.54 Å². The third-order valence-corrected chi connectivity index (χ3v) is 4.15. The highest BCUT2D eigenvalue weighted by molar-refractivity contribution is 5.93. The summed E-state index contributed by atoms with van der Waals surface area (Å²) < 4.78 is 0. The molecule has 1 rings (SSSR count). The summed E-state index contributed by atoms with van der Waals surface area (Å²) in [7, 11) is 0. The molecule has 0 atom stereocenters. The standard InChI is InChI=1S/C12H24N2O/c1-6-11(7-2)10(5)13-12(8-3,9-4)14(11)15/h15H,6-9H2,1-5H3. The Kier molecular flexibility index (Phi) is 3.56. The van der Waals surface area contributed by atoms with Gasteiger partial charge in [0.2, 0.25) is 0 Å². The predicted octanol–water partition coefficient (Wildman–Crippen LogP) is 3.23. The van der Waals surface area contributed by atoms with Crippen molar-refractivity contribution in [2.24, 2.45) is 4.99 Å². The van der Waals surface area contributed by atoms with Gasteiger partial charge in [0.25, 0.3) is 0 Å². The first-order chi connectivity index (χ1) is 7.03. The van der Waals surface area contributed by atoms with Gasteiger partial charge in [-0.05, 0) is 32.6 Å². The van der Waals surface area contributed by atoms with Gasteiger partial charge >= 0.3 is 0 Å². The van der Waals surface area contributed by atoms with Crippen LogP contribution in [0.4, 0.5) is 0 Å². The van der Waals surface area contributed by atoms with E-state index in [1.165, 1.54) is 5.06 Å². The molecule has 0 amide bonds. The molecule has 0 fully saturated rings. The van der Waals surface area contributed by atoms with E-state index in [9.17, 15) is 5.21 Å². The first-order valence-corrected chi connectivity index (χ1v) is 6.09. The molecule has 0 aliphatic carbocycles. The second-order valence-corrected chi connectivity index (χ2v) is 4.44. The normalized spacial score (nSPS) is 24.3. The Morgan fingerprint density at radius 3 is 1.73 bits per heavy atom. The van der Waals surface area contributed by atoms with Gasteiger partial charge in [-0.2, -0.15) is 5.06 Å². The maximum Gasteiger partial charge on any atom is 0.135 e. The fourth-order valence-corrected chi connectivity index (χ4v) is 2.78. The molecular formula is C12H24N2O. The zero-order valence-electron chi connectivity index (χ0n) is 10.7. The van der Waals surface area contributed by atoms with Crippen molar-refractivity contribution in [3.63, 3.8) is 0 Å². The largest absolute Gasteiger partial charge is 0.311 e. The van der Waals surface area contributed by atoms with Gasteiger partial charge in [-0.3, -0.25) is 4.99 Å². The molecule has 0 unspecified atom stereocenters. The smallest absolute Gasteiger partial charge is 0.135 e. The molecule has 1 heterocycles. The van der Waals surface area contributed by atoms with E-state index in [1.807, 2.05) is 6.92 Å². The van der Waals surface area contributed by atoms with E-state index < -0.39 is 0 Å². The molecule has 0 aromatic heterocycles. The molecule has 0 bridgehead atoms. The summed E-state index contributed by atoms with van der Waals surface area (Å²) in [5, 5.41) is 12.0. The average Bonchev–Trinajstić information content (AvgIpc) is 2.48. The first-order valence-electron chi connectivity index (χ1n) is 6.09. The lowest BCUT2D eigenvalue weighted by Gasteiger charge is -2.40. The topological polar surface area (TPSA) is 35.8 Å². The van der Waals surface area contributed by atoms with Crippen molar-refractivity contribution in [3.05, 3.63) is 0 Å². The van der Waals surface area contributed by atoms with Crippen molar-refractivity contribution in [1.82, 2.24) is 5.06 Å². The number of hydrogen-bond donors (Lipinski definition) is 1. The molecule has 0 aromatic carbocycles. The number of aliphatic imine (C=N–C) groups is 1. The third-order valence-electron chi connectivity index (χ3n) is 4.15. The Morgan fingerprint density at radius 2 is 1.53 bits per heavy atom. The zero-order valence-corrected chi connectivity index (χ0v) is 10.7. The van der Waals surface area contributed by atoms with Crippen molar-refractivity contribution in [2.75, 3.05) is 0 Å². The highest BCUT2D eigenvalue weighted by atomic mass is 16.5. The van der Waals surface area contributed by atoms with E-state index in [-0.39, 0.29) is 11.2 Å². The quantitative estimate of drug-likeness (QED) is 0.776. The molecule has 1 aliphatic heterocycles. The summed E-state index contributed by atoms with van der Waals surface area (Å²) in [5.74, 6) is 0. The lowest BCUT2D eigenvalue weighted by molar-refractivity contribution is -0.212. The minimum absolute atomic E-state index is 0.230. The average molecular weight is 212 g/mol. The zero-order chi connectivity index (χ0) is 11.7. The van der Waals surface area contributed by atoms with Crippen LogP contribution in [0.5, 0.6) is 0 Å². The van der Waals surface area contributed by atoms with Crippen LogP contribution in [0, 0.1) is 0 Å². The van der Waals surface area contributed by atoms with Crippen molar-refractivity contribution in [2.45, 2.75) is 71.5 Å². The van der Waals surface area contributed by atoms with E-state index in [2.05, 4.69) is 27.7 Å². The van der Waals surface area contributed by atoms with Crippen LogP contribution in [-0.4, -0.2) is 27.2 Å². The second kappa shape index (κ2) is 4.22. The van der Waals surface area contributed by atoms with Crippen LogP contribution in [0.3, 0.4) is 0 Å². The Balaban J connectivity index is 3.15. The number of hydrogen-bond acceptors (Lipinski definition) is 3. The van der Waals surface area contributed by atoms with E-state index in [4.69, 9.17) is 4.99 Å². The summed E-state index contributed by atoms with van der Waals surface area (Å²) in [5.41, 5.74) is 0.473. The van der Waals surface area contributed by atoms with E-state index >= 15 is 0 Å². The van der Waals surface area contributed by atoms with E-state index in [0.717, 1.165) is 31.4 Å². The van der Waals surface area contributed by atoms with Gasteiger partial charge < -0.3 is 5.21 Å². The van der Waals surface area contributed by atoms with Crippen LogP contribution in [-0.2, 0) is 0 Å². The molecule has 3 nitrogen and oxygen atoms in total. The van der Waals surface area contributed by atoms with Crippen LogP contribution >= 0.6 is 0 Å². The van der Waals surface area contributed by atoms with Gasteiger partial charge in [-0.1, -0.05) is 27.7 Å². The van der Waals surface area contributed by atoms with Gasteiger partial charge in [0.15, 0.2) is 0 Å². The monoisotopic (exact) mass is 212 g/mol. The minimum atomic E-state index is -0.379. The van der Waals surface area contributed by atoms with Crippen LogP contribution in [0.2, 0.25) is 0 Å². The molecule has 1 N–H and O–H groups in total. The molecule has 3 heteroatoms. The van der Waals surface area contributed by atoms with Gasteiger partial charge in [-0.25, -0.2) is 0 Å². The van der Waals surface area contributed by atoms with E-state index in [1.54, 1.807) is 0 Å². The molecular weight excluding hydrogens is 188 g/mol. The SMILES string of the molecule is CCC1(CC)N=C(C)C(CC)(CC)N1O. The fourth-order valence-electron chi connectivity index (χ4n) is 2.78. The maximum absolute atomic E-state index is 10.4. The number of hydroxylamine groups is 2. The van der Waals surface area contributed by atoms with Gasteiger partial charge in [0, 0.05) is 5.71 Å². The Morgan fingerprint density at radius 1 is 1.07 bits per heavy atom. The molecule has 1 aliphatic rings. The fraction of sp³-hybridized carbons (Fsp3) is 0.917. The molecule has 15 heavy (non-hydrogen) atoms. The van der Waals surface area contributed by atoms with Crippen molar-refractivity contribution < 1.29 is 5.21 Å². The predicted molar refractivity (Wildman–Crippen MR) is 63.4 cm³/mol. The molecule has 0 saturated heterocycles. The van der Waals surface area contributed by atoms with Crippen molar-refractivity contribution in [1.29, 1.82) is 0 Å². The summed E-state index contributed by atoms with van der Waals surface area (Å²) in [6.45, 7) is 10.5. The third kappa shape index (κ3) is 1.53. The highest BCUT2D eigenvalue weighted by Crippen LogP contribution is 2.41. The van der Waals surface area contributed by atoms with Crippen molar-refractivity contribution >= 4 is 5.71 Å². The van der Waals surface area contributed by atoms with E-state index in [0.29, 0.717) is 0 Å². The Hall–Kier alpha value is -0.410. The first kappa shape index (κ1) is 12.7. The number of rotatable bonds is 4. The van der Waals surface area contributed by atoms with Crippen LogP contribution in [0.15, 0.2) is 4.99 Å². The second-order valence-electron chi connectivity index (χ2n) is 4.44. The Labute approximate surface area is 93.2 Å². The van der Waals surface area contributed by atoms with Gasteiger partial charge in [-0.15, -0.1) is 0 Å². The van der Waals surface area contributed by atoms with Crippen LogP contribution in [0.25, 0.3) is 0 Å². The minimum Gasteiger partial charge on any atom is -0.311 e. The molecule has 0 aromatic rings.